The molecule has 2 aliphatic heterocycles. The monoisotopic (exact) mass is 268 g/mol. The SMILES string of the molecule is CC1(C)CCCN(C(=O)CCOC2CCNCC2)C1. The summed E-state index contributed by atoms with van der Waals surface area (Å²) in [5.74, 6) is 0.265. The van der Waals surface area contributed by atoms with Gasteiger partial charge in [-0.2, -0.15) is 0 Å². The lowest BCUT2D eigenvalue weighted by atomic mass is 9.84. The number of carbonyl (C=O) groups excluding carboxylic acids is 1. The van der Waals surface area contributed by atoms with E-state index in [1.165, 1.54) is 6.42 Å². The lowest BCUT2D eigenvalue weighted by Gasteiger charge is -2.38. The molecule has 0 aromatic rings. The van der Waals surface area contributed by atoms with E-state index in [-0.39, 0.29) is 11.3 Å². The Morgan fingerprint density at radius 2 is 2.11 bits per heavy atom. The predicted molar refractivity (Wildman–Crippen MR) is 76.1 cm³/mol. The summed E-state index contributed by atoms with van der Waals surface area (Å²) in [5.41, 5.74) is 0.282. The van der Waals surface area contributed by atoms with Crippen LogP contribution in [0.4, 0.5) is 0 Å². The average Bonchev–Trinajstić information content (AvgIpc) is 2.38. The summed E-state index contributed by atoms with van der Waals surface area (Å²) in [4.78, 5) is 14.2. The third-order valence-electron chi connectivity index (χ3n) is 4.21. The van der Waals surface area contributed by atoms with E-state index >= 15 is 0 Å². The molecule has 2 saturated heterocycles. The van der Waals surface area contributed by atoms with Crippen LogP contribution in [0.5, 0.6) is 0 Å². The molecular formula is C15H28N2O2. The first kappa shape index (κ1) is 14.8. The van der Waals surface area contributed by atoms with Gasteiger partial charge in [0.2, 0.25) is 5.91 Å². The number of ether oxygens (including phenoxy) is 1. The quantitative estimate of drug-likeness (QED) is 0.845. The Morgan fingerprint density at radius 1 is 1.37 bits per heavy atom. The molecule has 0 aromatic carbocycles. The van der Waals surface area contributed by atoms with Gasteiger partial charge in [-0.05, 0) is 44.2 Å². The van der Waals surface area contributed by atoms with Crippen molar-refractivity contribution in [1.29, 1.82) is 0 Å². The third-order valence-corrected chi connectivity index (χ3v) is 4.21. The van der Waals surface area contributed by atoms with E-state index in [0.29, 0.717) is 19.1 Å². The standard InChI is InChI=1S/C15H28N2O2/c1-15(2)7-3-10-17(12-15)14(18)6-11-19-13-4-8-16-9-5-13/h13,16H,3-12H2,1-2H3. The molecule has 110 valence electrons. The Labute approximate surface area is 116 Å². The van der Waals surface area contributed by atoms with Crippen LogP contribution in [0.3, 0.4) is 0 Å². The van der Waals surface area contributed by atoms with E-state index in [1.54, 1.807) is 0 Å². The minimum atomic E-state index is 0.265. The first-order valence-corrected chi connectivity index (χ1v) is 7.67. The molecule has 4 heteroatoms. The van der Waals surface area contributed by atoms with Gasteiger partial charge in [-0.1, -0.05) is 13.8 Å². The van der Waals surface area contributed by atoms with E-state index in [4.69, 9.17) is 4.74 Å². The van der Waals surface area contributed by atoms with Crippen molar-refractivity contribution in [3.05, 3.63) is 0 Å². The van der Waals surface area contributed by atoms with Crippen LogP contribution >= 0.6 is 0 Å². The van der Waals surface area contributed by atoms with Crippen LogP contribution in [-0.4, -0.2) is 49.7 Å². The van der Waals surface area contributed by atoms with Gasteiger partial charge in [-0.3, -0.25) is 4.79 Å². The molecule has 0 aliphatic carbocycles. The molecule has 0 unspecified atom stereocenters. The molecule has 0 atom stereocenters. The number of likely N-dealkylation sites (tertiary alicyclic amines) is 1. The van der Waals surface area contributed by atoms with Gasteiger partial charge in [0, 0.05) is 13.1 Å². The molecule has 0 spiro atoms. The van der Waals surface area contributed by atoms with Crippen LogP contribution in [-0.2, 0) is 9.53 Å². The van der Waals surface area contributed by atoms with Gasteiger partial charge in [-0.15, -0.1) is 0 Å². The smallest absolute Gasteiger partial charge is 0.224 e. The summed E-state index contributed by atoms with van der Waals surface area (Å²) >= 11 is 0. The summed E-state index contributed by atoms with van der Waals surface area (Å²) in [7, 11) is 0. The highest BCUT2D eigenvalue weighted by Crippen LogP contribution is 2.28. The van der Waals surface area contributed by atoms with Crippen LogP contribution < -0.4 is 5.32 Å². The number of rotatable bonds is 4. The number of nitrogens with zero attached hydrogens (tertiary/aromatic N) is 1. The molecule has 19 heavy (non-hydrogen) atoms. The second-order valence-electron chi connectivity index (χ2n) is 6.65. The Balaban J connectivity index is 1.66. The van der Waals surface area contributed by atoms with Crippen molar-refractivity contribution in [1.82, 2.24) is 10.2 Å². The summed E-state index contributed by atoms with van der Waals surface area (Å²) < 4.78 is 5.81. The van der Waals surface area contributed by atoms with Crippen molar-refractivity contribution >= 4 is 5.91 Å². The Kier molecular flexibility index (Phi) is 5.22. The minimum absolute atomic E-state index is 0.265. The number of nitrogens with one attached hydrogen (secondary N) is 1. The predicted octanol–water partition coefficient (Wildman–Crippen LogP) is 1.79. The second-order valence-corrected chi connectivity index (χ2v) is 6.65. The lowest BCUT2D eigenvalue weighted by Crippen LogP contribution is -2.44. The van der Waals surface area contributed by atoms with Crippen LogP contribution in [0.1, 0.15) is 46.0 Å². The van der Waals surface area contributed by atoms with Crippen molar-refractivity contribution in [2.24, 2.45) is 5.41 Å². The third kappa shape index (κ3) is 4.77. The fraction of sp³-hybridized carbons (Fsp3) is 0.933. The van der Waals surface area contributed by atoms with E-state index in [0.717, 1.165) is 45.4 Å². The van der Waals surface area contributed by atoms with Crippen molar-refractivity contribution in [3.8, 4) is 0 Å². The zero-order valence-electron chi connectivity index (χ0n) is 12.4. The van der Waals surface area contributed by atoms with Crippen LogP contribution in [0, 0.1) is 5.41 Å². The number of carbonyl (C=O) groups is 1. The van der Waals surface area contributed by atoms with Crippen LogP contribution in [0.2, 0.25) is 0 Å². The Bertz CT molecular complexity index is 299. The Hall–Kier alpha value is -0.610. The van der Waals surface area contributed by atoms with Gasteiger partial charge in [-0.25, -0.2) is 0 Å². The van der Waals surface area contributed by atoms with Crippen LogP contribution in [0.15, 0.2) is 0 Å². The van der Waals surface area contributed by atoms with Gasteiger partial charge < -0.3 is 15.0 Å². The largest absolute Gasteiger partial charge is 0.378 e. The zero-order valence-corrected chi connectivity index (χ0v) is 12.4. The maximum absolute atomic E-state index is 12.2. The van der Waals surface area contributed by atoms with Gasteiger partial charge in [0.05, 0.1) is 19.1 Å². The van der Waals surface area contributed by atoms with Gasteiger partial charge >= 0.3 is 0 Å². The minimum Gasteiger partial charge on any atom is -0.378 e. The van der Waals surface area contributed by atoms with E-state index < -0.39 is 0 Å². The summed E-state index contributed by atoms with van der Waals surface area (Å²) in [6, 6.07) is 0. The molecule has 4 nitrogen and oxygen atoms in total. The van der Waals surface area contributed by atoms with Gasteiger partial charge in [0.1, 0.15) is 0 Å². The lowest BCUT2D eigenvalue weighted by molar-refractivity contribution is -0.136. The highest BCUT2D eigenvalue weighted by Gasteiger charge is 2.28. The topological polar surface area (TPSA) is 41.6 Å². The molecule has 0 aromatic heterocycles. The molecular weight excluding hydrogens is 240 g/mol. The summed E-state index contributed by atoms with van der Waals surface area (Å²) in [6.07, 6.45) is 5.40. The van der Waals surface area contributed by atoms with Crippen LogP contribution in [0.25, 0.3) is 0 Å². The van der Waals surface area contributed by atoms with E-state index in [2.05, 4.69) is 19.2 Å². The first-order valence-electron chi connectivity index (χ1n) is 7.67. The fourth-order valence-corrected chi connectivity index (χ4v) is 3.07. The maximum Gasteiger partial charge on any atom is 0.224 e. The number of piperidine rings is 2. The second kappa shape index (κ2) is 6.71. The normalized spacial score (nSPS) is 24.4. The molecule has 1 amide bonds. The Morgan fingerprint density at radius 3 is 2.79 bits per heavy atom. The molecule has 2 aliphatic rings. The molecule has 0 radical (unpaired) electrons. The highest BCUT2D eigenvalue weighted by atomic mass is 16.5. The van der Waals surface area contributed by atoms with Crippen molar-refractivity contribution in [3.63, 3.8) is 0 Å². The van der Waals surface area contributed by atoms with E-state index in [9.17, 15) is 4.79 Å². The van der Waals surface area contributed by atoms with Gasteiger partial charge in [0.15, 0.2) is 0 Å². The zero-order chi connectivity index (χ0) is 13.7. The molecule has 2 rings (SSSR count). The molecule has 2 heterocycles. The number of hydrogen-bond acceptors (Lipinski definition) is 3. The molecule has 0 saturated carbocycles. The summed E-state index contributed by atoms with van der Waals surface area (Å²) in [5, 5.41) is 3.32. The van der Waals surface area contributed by atoms with Gasteiger partial charge in [0.25, 0.3) is 0 Å². The highest BCUT2D eigenvalue weighted by molar-refractivity contribution is 5.76. The first-order chi connectivity index (χ1) is 9.07. The van der Waals surface area contributed by atoms with Crippen molar-refractivity contribution < 1.29 is 9.53 Å². The number of amides is 1. The molecule has 2 fully saturated rings. The maximum atomic E-state index is 12.2. The van der Waals surface area contributed by atoms with E-state index in [1.807, 2.05) is 4.90 Å². The summed E-state index contributed by atoms with van der Waals surface area (Å²) in [6.45, 7) is 8.99. The number of hydrogen-bond donors (Lipinski definition) is 1. The van der Waals surface area contributed by atoms with Crippen molar-refractivity contribution in [2.75, 3.05) is 32.8 Å². The fourth-order valence-electron chi connectivity index (χ4n) is 3.07. The molecule has 1 N–H and O–H groups in total. The molecule has 0 bridgehead atoms. The van der Waals surface area contributed by atoms with Crippen molar-refractivity contribution in [2.45, 2.75) is 52.1 Å². The average molecular weight is 268 g/mol.